The van der Waals surface area contributed by atoms with Gasteiger partial charge in [-0.05, 0) is 60.8 Å². The highest BCUT2D eigenvalue weighted by atomic mass is 16.2. The molecule has 0 saturated heterocycles. The second-order valence-corrected chi connectivity index (χ2v) is 6.46. The van der Waals surface area contributed by atoms with Crippen molar-refractivity contribution in [3.05, 3.63) is 29.3 Å². The van der Waals surface area contributed by atoms with Crippen LogP contribution >= 0.6 is 0 Å². The maximum absolute atomic E-state index is 12.6. The Labute approximate surface area is 113 Å². The van der Waals surface area contributed by atoms with Crippen molar-refractivity contribution in [1.82, 2.24) is 4.90 Å². The molecular formula is C16H20N2O. The maximum atomic E-state index is 12.6. The minimum atomic E-state index is 0.311. The molecule has 3 nitrogen and oxygen atoms in total. The number of amides is 1. The molecule has 2 atom stereocenters. The topological polar surface area (TPSA) is 46.3 Å². The zero-order valence-corrected chi connectivity index (χ0v) is 11.1. The molecule has 1 aliphatic heterocycles. The number of carbonyl (C=O) groups excluding carboxylic acids is 1. The molecule has 2 aliphatic carbocycles. The summed E-state index contributed by atoms with van der Waals surface area (Å²) < 4.78 is 0. The number of anilines is 1. The molecule has 100 valence electrons. The lowest BCUT2D eigenvalue weighted by Crippen LogP contribution is -2.39. The Kier molecular flexibility index (Phi) is 2.38. The fourth-order valence-electron chi connectivity index (χ4n) is 3.94. The van der Waals surface area contributed by atoms with Gasteiger partial charge in [-0.3, -0.25) is 4.79 Å². The molecule has 4 rings (SSSR count). The zero-order chi connectivity index (χ0) is 13.0. The third-order valence-electron chi connectivity index (χ3n) is 5.15. The van der Waals surface area contributed by atoms with Crippen molar-refractivity contribution in [2.75, 3.05) is 12.3 Å². The Morgan fingerprint density at radius 1 is 1.16 bits per heavy atom. The summed E-state index contributed by atoms with van der Waals surface area (Å²) in [5.41, 5.74) is 9.24. The summed E-state index contributed by atoms with van der Waals surface area (Å²) in [6, 6.07) is 6.10. The Bertz CT molecular complexity index is 530. The lowest BCUT2D eigenvalue weighted by molar-refractivity contribution is -0.136. The van der Waals surface area contributed by atoms with Crippen molar-refractivity contribution in [3.63, 3.8) is 0 Å². The maximum Gasteiger partial charge on any atom is 0.226 e. The number of benzene rings is 1. The number of fused-ring (bicyclic) bond motifs is 2. The van der Waals surface area contributed by atoms with Crippen LogP contribution in [0.5, 0.6) is 0 Å². The van der Waals surface area contributed by atoms with Gasteiger partial charge in [-0.2, -0.15) is 0 Å². The van der Waals surface area contributed by atoms with Crippen LogP contribution in [0.3, 0.4) is 0 Å². The molecule has 3 heteroatoms. The number of hydrogen-bond donors (Lipinski definition) is 1. The van der Waals surface area contributed by atoms with Crippen molar-refractivity contribution in [1.29, 1.82) is 0 Å². The van der Waals surface area contributed by atoms with Crippen LogP contribution in [0, 0.1) is 17.8 Å². The van der Waals surface area contributed by atoms with E-state index in [-0.39, 0.29) is 0 Å². The SMILES string of the molecule is Nc1ccc2c(c1)CN(C(=O)C1CC3CC3C1)CC2. The lowest BCUT2D eigenvalue weighted by Gasteiger charge is -2.31. The molecule has 0 bridgehead atoms. The molecule has 2 saturated carbocycles. The Balaban J connectivity index is 1.50. The molecule has 2 N–H and O–H groups in total. The van der Waals surface area contributed by atoms with Gasteiger partial charge in [0.1, 0.15) is 0 Å². The zero-order valence-electron chi connectivity index (χ0n) is 11.1. The molecule has 1 amide bonds. The molecule has 0 radical (unpaired) electrons. The number of rotatable bonds is 1. The first kappa shape index (κ1) is 11.3. The minimum Gasteiger partial charge on any atom is -0.399 e. The van der Waals surface area contributed by atoms with E-state index in [0.717, 1.165) is 49.9 Å². The summed E-state index contributed by atoms with van der Waals surface area (Å²) in [6.07, 6.45) is 4.64. The van der Waals surface area contributed by atoms with Crippen LogP contribution in [0.1, 0.15) is 30.4 Å². The molecule has 3 aliphatic rings. The second-order valence-electron chi connectivity index (χ2n) is 6.46. The average Bonchev–Trinajstić information content (AvgIpc) is 3.03. The number of nitrogen functional groups attached to an aromatic ring is 1. The van der Waals surface area contributed by atoms with Gasteiger partial charge in [0, 0.05) is 24.7 Å². The van der Waals surface area contributed by atoms with Crippen molar-refractivity contribution in [2.45, 2.75) is 32.2 Å². The summed E-state index contributed by atoms with van der Waals surface area (Å²) >= 11 is 0. The Morgan fingerprint density at radius 2 is 1.95 bits per heavy atom. The molecule has 2 fully saturated rings. The second kappa shape index (κ2) is 3.99. The number of nitrogens with two attached hydrogens (primary N) is 1. The summed E-state index contributed by atoms with van der Waals surface area (Å²) in [4.78, 5) is 14.6. The van der Waals surface area contributed by atoms with Gasteiger partial charge in [-0.25, -0.2) is 0 Å². The number of hydrogen-bond acceptors (Lipinski definition) is 2. The van der Waals surface area contributed by atoms with Gasteiger partial charge in [0.15, 0.2) is 0 Å². The first-order valence-electron chi connectivity index (χ1n) is 7.37. The van der Waals surface area contributed by atoms with Crippen molar-refractivity contribution in [2.24, 2.45) is 17.8 Å². The standard InChI is InChI=1S/C16H20N2O/c17-15-2-1-10-3-4-18(9-14(10)8-15)16(19)13-6-11-5-12(11)7-13/h1-2,8,11-13H,3-7,9,17H2. The van der Waals surface area contributed by atoms with Crippen LogP contribution in [0.4, 0.5) is 5.69 Å². The minimum absolute atomic E-state index is 0.311. The summed E-state index contributed by atoms with van der Waals surface area (Å²) in [5, 5.41) is 0. The van der Waals surface area contributed by atoms with E-state index in [0.29, 0.717) is 11.8 Å². The Hall–Kier alpha value is -1.51. The smallest absolute Gasteiger partial charge is 0.226 e. The van der Waals surface area contributed by atoms with Crippen LogP contribution < -0.4 is 5.73 Å². The molecule has 1 aromatic rings. The van der Waals surface area contributed by atoms with E-state index in [1.54, 1.807) is 0 Å². The molecule has 0 spiro atoms. The van der Waals surface area contributed by atoms with Gasteiger partial charge in [-0.1, -0.05) is 6.07 Å². The average molecular weight is 256 g/mol. The van der Waals surface area contributed by atoms with E-state index >= 15 is 0 Å². The molecule has 0 aromatic heterocycles. The van der Waals surface area contributed by atoms with Gasteiger partial charge in [0.25, 0.3) is 0 Å². The first-order chi connectivity index (χ1) is 9.20. The van der Waals surface area contributed by atoms with Crippen molar-refractivity contribution >= 4 is 11.6 Å². The predicted molar refractivity (Wildman–Crippen MR) is 74.3 cm³/mol. The fraction of sp³-hybridized carbons (Fsp3) is 0.562. The van der Waals surface area contributed by atoms with E-state index < -0.39 is 0 Å². The quantitative estimate of drug-likeness (QED) is 0.783. The van der Waals surface area contributed by atoms with Gasteiger partial charge < -0.3 is 10.6 Å². The molecule has 19 heavy (non-hydrogen) atoms. The van der Waals surface area contributed by atoms with Gasteiger partial charge in [0.2, 0.25) is 5.91 Å². The third-order valence-corrected chi connectivity index (χ3v) is 5.15. The van der Waals surface area contributed by atoms with Gasteiger partial charge in [0.05, 0.1) is 0 Å². The molecule has 1 heterocycles. The highest BCUT2D eigenvalue weighted by molar-refractivity contribution is 5.79. The van der Waals surface area contributed by atoms with Gasteiger partial charge in [-0.15, -0.1) is 0 Å². The van der Waals surface area contributed by atoms with Crippen LogP contribution in [0.2, 0.25) is 0 Å². The van der Waals surface area contributed by atoms with E-state index in [1.165, 1.54) is 17.5 Å². The summed E-state index contributed by atoms with van der Waals surface area (Å²) in [6.45, 7) is 1.63. The molecular weight excluding hydrogens is 236 g/mol. The highest BCUT2D eigenvalue weighted by Gasteiger charge is 2.48. The highest BCUT2D eigenvalue weighted by Crippen LogP contribution is 2.54. The first-order valence-corrected chi connectivity index (χ1v) is 7.37. The predicted octanol–water partition coefficient (Wildman–Crippen LogP) is 2.20. The Morgan fingerprint density at radius 3 is 2.74 bits per heavy atom. The fourth-order valence-corrected chi connectivity index (χ4v) is 3.94. The third kappa shape index (κ3) is 1.92. The lowest BCUT2D eigenvalue weighted by atomic mass is 9.96. The van der Waals surface area contributed by atoms with E-state index in [9.17, 15) is 4.79 Å². The largest absolute Gasteiger partial charge is 0.399 e. The number of carbonyl (C=O) groups is 1. The van der Waals surface area contributed by atoms with E-state index in [4.69, 9.17) is 5.73 Å². The summed E-state index contributed by atoms with van der Waals surface area (Å²) in [7, 11) is 0. The molecule has 1 aromatic carbocycles. The van der Waals surface area contributed by atoms with Crippen molar-refractivity contribution < 1.29 is 4.79 Å². The van der Waals surface area contributed by atoms with Crippen LogP contribution in [-0.4, -0.2) is 17.4 Å². The van der Waals surface area contributed by atoms with Crippen LogP contribution in [0.15, 0.2) is 18.2 Å². The van der Waals surface area contributed by atoms with Crippen LogP contribution in [-0.2, 0) is 17.8 Å². The van der Waals surface area contributed by atoms with Crippen LogP contribution in [0.25, 0.3) is 0 Å². The van der Waals surface area contributed by atoms with E-state index in [1.807, 2.05) is 12.1 Å². The van der Waals surface area contributed by atoms with E-state index in [2.05, 4.69) is 11.0 Å². The normalized spacial score (nSPS) is 31.8. The van der Waals surface area contributed by atoms with Gasteiger partial charge >= 0.3 is 0 Å². The summed E-state index contributed by atoms with van der Waals surface area (Å²) in [5.74, 6) is 2.45. The monoisotopic (exact) mass is 256 g/mol. The number of nitrogens with zero attached hydrogens (tertiary/aromatic N) is 1. The van der Waals surface area contributed by atoms with Crippen molar-refractivity contribution in [3.8, 4) is 0 Å². The molecule has 2 unspecified atom stereocenters.